The number of benzene rings is 2. The van der Waals surface area contributed by atoms with Crippen molar-refractivity contribution in [1.29, 1.82) is 0 Å². The summed E-state index contributed by atoms with van der Waals surface area (Å²) in [5, 5.41) is 14.1. The standard InChI is InChI=1S/C31H41N3O5.C5H12/c1-22(2)19-25-11-12-26(20-27(25)38-4)29-32-28(33-39-29)24-9-7-23(8-10-24)21-34-16-14-31(15-17-34,30(35)36)13-5-6-18-37-3;1-5(2,3)4/h7-12,20,22H,5-6,13-19,21H2,1-4H3,(H,35,36);1-4H3. The molecule has 0 bridgehead atoms. The van der Waals surface area contributed by atoms with E-state index in [9.17, 15) is 9.90 Å². The summed E-state index contributed by atoms with van der Waals surface area (Å²) in [7, 11) is 3.36. The maximum absolute atomic E-state index is 12.1. The van der Waals surface area contributed by atoms with Crippen LogP contribution in [0.25, 0.3) is 22.8 Å². The van der Waals surface area contributed by atoms with E-state index >= 15 is 0 Å². The van der Waals surface area contributed by atoms with E-state index in [1.165, 1.54) is 5.56 Å². The molecule has 1 fully saturated rings. The van der Waals surface area contributed by atoms with Gasteiger partial charge in [-0.15, -0.1) is 0 Å². The maximum Gasteiger partial charge on any atom is 0.309 e. The van der Waals surface area contributed by atoms with Gasteiger partial charge in [0.25, 0.3) is 5.89 Å². The Hall–Kier alpha value is -3.23. The number of unbranched alkanes of at least 4 members (excludes halogenated alkanes) is 1. The first-order valence-electron chi connectivity index (χ1n) is 15.9. The second-order valence-corrected chi connectivity index (χ2v) is 14.1. The van der Waals surface area contributed by atoms with Crippen molar-refractivity contribution >= 4 is 5.97 Å². The maximum atomic E-state index is 12.1. The highest BCUT2D eigenvalue weighted by Gasteiger charge is 2.40. The average molecular weight is 608 g/mol. The van der Waals surface area contributed by atoms with Crippen LogP contribution in [0.1, 0.15) is 84.8 Å². The van der Waals surface area contributed by atoms with Crippen LogP contribution >= 0.6 is 0 Å². The van der Waals surface area contributed by atoms with Crippen LogP contribution < -0.4 is 4.74 Å². The van der Waals surface area contributed by atoms with E-state index in [4.69, 9.17) is 14.0 Å². The topological polar surface area (TPSA) is 97.9 Å². The second kappa shape index (κ2) is 16.2. The Morgan fingerprint density at radius 2 is 1.66 bits per heavy atom. The molecule has 8 heteroatoms. The molecule has 0 saturated carbocycles. The first-order valence-corrected chi connectivity index (χ1v) is 15.9. The van der Waals surface area contributed by atoms with Gasteiger partial charge in [0.15, 0.2) is 0 Å². The third-order valence-electron chi connectivity index (χ3n) is 7.73. The van der Waals surface area contributed by atoms with Gasteiger partial charge in [-0.1, -0.05) is 83.5 Å². The Bertz CT molecular complexity index is 1300. The lowest BCUT2D eigenvalue weighted by Crippen LogP contribution is -2.44. The highest BCUT2D eigenvalue weighted by atomic mass is 16.5. The lowest BCUT2D eigenvalue weighted by molar-refractivity contribution is -0.153. The van der Waals surface area contributed by atoms with Crippen LogP contribution in [0.15, 0.2) is 47.0 Å². The van der Waals surface area contributed by atoms with Gasteiger partial charge >= 0.3 is 5.97 Å². The van der Waals surface area contributed by atoms with Crippen LogP contribution in [0.4, 0.5) is 0 Å². The van der Waals surface area contributed by atoms with Crippen LogP contribution in [0.2, 0.25) is 0 Å². The summed E-state index contributed by atoms with van der Waals surface area (Å²) >= 11 is 0. The van der Waals surface area contributed by atoms with E-state index < -0.39 is 11.4 Å². The van der Waals surface area contributed by atoms with Crippen molar-refractivity contribution in [3.63, 3.8) is 0 Å². The highest BCUT2D eigenvalue weighted by molar-refractivity contribution is 5.74. The summed E-state index contributed by atoms with van der Waals surface area (Å²) in [5.74, 6) is 1.70. The number of piperidine rings is 1. The van der Waals surface area contributed by atoms with Gasteiger partial charge in [0, 0.05) is 31.4 Å². The number of methoxy groups -OCH3 is 2. The number of nitrogens with zero attached hydrogens (tertiary/aromatic N) is 3. The number of rotatable bonds is 13. The molecule has 44 heavy (non-hydrogen) atoms. The number of aliphatic carboxylic acids is 1. The van der Waals surface area contributed by atoms with Crippen LogP contribution in [0, 0.1) is 16.7 Å². The minimum absolute atomic E-state index is 0.459. The van der Waals surface area contributed by atoms with Crippen molar-refractivity contribution in [3.8, 4) is 28.6 Å². The monoisotopic (exact) mass is 607 g/mol. The molecule has 0 unspecified atom stereocenters. The van der Waals surface area contributed by atoms with Gasteiger partial charge in [-0.25, -0.2) is 0 Å². The van der Waals surface area contributed by atoms with Crippen molar-refractivity contribution < 1.29 is 23.9 Å². The van der Waals surface area contributed by atoms with Gasteiger partial charge in [-0.3, -0.25) is 9.69 Å². The summed E-state index contributed by atoms with van der Waals surface area (Å²) in [6.45, 7) is 16.2. The number of hydrogen-bond acceptors (Lipinski definition) is 7. The Morgan fingerprint density at radius 1 is 1.02 bits per heavy atom. The number of carboxylic acids is 1. The second-order valence-electron chi connectivity index (χ2n) is 14.1. The summed E-state index contributed by atoms with van der Waals surface area (Å²) < 4.78 is 16.3. The minimum atomic E-state index is -0.659. The zero-order chi connectivity index (χ0) is 32.3. The Balaban J connectivity index is 0.000000978. The number of aromatic nitrogens is 2. The fourth-order valence-electron chi connectivity index (χ4n) is 5.38. The number of carbonyl (C=O) groups is 1. The molecule has 1 N–H and O–H groups in total. The molecule has 1 aliphatic rings. The molecule has 1 aromatic heterocycles. The fourth-order valence-corrected chi connectivity index (χ4v) is 5.38. The molecule has 1 aliphatic heterocycles. The zero-order valence-corrected chi connectivity index (χ0v) is 28.1. The molecule has 0 amide bonds. The lowest BCUT2D eigenvalue weighted by Gasteiger charge is -2.39. The van der Waals surface area contributed by atoms with Crippen LogP contribution in [0.5, 0.6) is 5.75 Å². The van der Waals surface area contributed by atoms with E-state index in [2.05, 4.69) is 74.8 Å². The van der Waals surface area contributed by atoms with Crippen molar-refractivity contribution in [2.75, 3.05) is 33.9 Å². The summed E-state index contributed by atoms with van der Waals surface area (Å²) in [5.41, 5.74) is 3.95. The molecule has 242 valence electrons. The molecule has 2 aromatic carbocycles. The third-order valence-corrected chi connectivity index (χ3v) is 7.73. The van der Waals surface area contributed by atoms with Gasteiger partial charge in [0.05, 0.1) is 12.5 Å². The molecular weight excluding hydrogens is 554 g/mol. The molecule has 1 saturated heterocycles. The van der Waals surface area contributed by atoms with E-state index in [1.807, 2.05) is 24.3 Å². The van der Waals surface area contributed by atoms with E-state index in [0.29, 0.717) is 42.5 Å². The Kier molecular flexibility index (Phi) is 13.0. The van der Waals surface area contributed by atoms with Gasteiger partial charge in [0.1, 0.15) is 5.75 Å². The molecular formula is C36H53N3O5. The Morgan fingerprint density at radius 3 is 2.23 bits per heavy atom. The third kappa shape index (κ3) is 10.7. The van der Waals surface area contributed by atoms with Crippen molar-refractivity contribution in [1.82, 2.24) is 15.0 Å². The fraction of sp³-hybridized carbons (Fsp3) is 0.583. The summed E-state index contributed by atoms with van der Waals surface area (Å²) in [4.78, 5) is 19.0. The highest BCUT2D eigenvalue weighted by Crippen LogP contribution is 2.37. The number of carboxylic acid groups (broad SMARTS) is 1. The van der Waals surface area contributed by atoms with Crippen LogP contribution in [0.3, 0.4) is 0 Å². The smallest absolute Gasteiger partial charge is 0.309 e. The van der Waals surface area contributed by atoms with Gasteiger partial charge < -0.3 is 19.1 Å². The van der Waals surface area contributed by atoms with Gasteiger partial charge in [-0.2, -0.15) is 4.98 Å². The van der Waals surface area contributed by atoms with Crippen molar-refractivity contribution in [2.24, 2.45) is 16.7 Å². The average Bonchev–Trinajstić information content (AvgIpc) is 3.46. The lowest BCUT2D eigenvalue weighted by atomic mass is 9.74. The van der Waals surface area contributed by atoms with Crippen molar-refractivity contribution in [2.45, 2.75) is 86.6 Å². The molecule has 0 radical (unpaired) electrons. The predicted molar refractivity (Wildman–Crippen MR) is 176 cm³/mol. The first-order chi connectivity index (χ1) is 20.8. The van der Waals surface area contributed by atoms with Gasteiger partial charge in [-0.05, 0) is 79.8 Å². The summed E-state index contributed by atoms with van der Waals surface area (Å²) in [6.07, 6.45) is 4.82. The van der Waals surface area contributed by atoms with E-state index in [-0.39, 0.29) is 0 Å². The first kappa shape index (κ1) is 35.3. The number of hydrogen-bond donors (Lipinski definition) is 1. The van der Waals surface area contributed by atoms with E-state index in [1.54, 1.807) is 14.2 Å². The molecule has 0 spiro atoms. The zero-order valence-electron chi connectivity index (χ0n) is 28.1. The molecule has 4 rings (SSSR count). The molecule has 0 atom stereocenters. The molecule has 0 aliphatic carbocycles. The van der Waals surface area contributed by atoms with Gasteiger partial charge in [0.2, 0.25) is 5.82 Å². The van der Waals surface area contributed by atoms with Crippen molar-refractivity contribution in [3.05, 3.63) is 53.6 Å². The van der Waals surface area contributed by atoms with E-state index in [0.717, 1.165) is 67.8 Å². The SMILES string of the molecule is CC(C)(C)C.COCCCCC1(C(=O)O)CCN(Cc2ccc(-c3noc(-c4ccc(CC(C)C)c(OC)c4)n3)cc2)CC1. The van der Waals surface area contributed by atoms with Crippen LogP contribution in [-0.2, 0) is 22.5 Å². The Labute approximate surface area is 264 Å². The minimum Gasteiger partial charge on any atom is -0.496 e. The molecule has 2 heterocycles. The largest absolute Gasteiger partial charge is 0.496 e. The predicted octanol–water partition coefficient (Wildman–Crippen LogP) is 8.15. The molecule has 8 nitrogen and oxygen atoms in total. The quantitative estimate of drug-likeness (QED) is 0.194. The normalized spacial score (nSPS) is 15.1. The van der Waals surface area contributed by atoms with Crippen LogP contribution in [-0.4, -0.2) is 60.0 Å². The molecule has 3 aromatic rings. The summed E-state index contributed by atoms with van der Waals surface area (Å²) in [6, 6.07) is 14.2. The number of ether oxygens (including phenoxy) is 2. The number of likely N-dealkylation sites (tertiary alicyclic amines) is 1.